The van der Waals surface area contributed by atoms with E-state index in [9.17, 15) is 41.0 Å². The number of alkyl halides is 6. The number of aromatic nitrogens is 1. The van der Waals surface area contributed by atoms with Gasteiger partial charge in [0, 0.05) is 42.7 Å². The molecule has 1 saturated heterocycles. The van der Waals surface area contributed by atoms with Gasteiger partial charge in [-0.3, -0.25) is 9.59 Å². The van der Waals surface area contributed by atoms with E-state index in [-0.39, 0.29) is 36.4 Å². The molecule has 0 spiro atoms. The van der Waals surface area contributed by atoms with Crippen molar-refractivity contribution in [2.24, 2.45) is 0 Å². The largest absolute Gasteiger partial charge is 0.416 e. The van der Waals surface area contributed by atoms with Crippen LogP contribution in [0.15, 0.2) is 54.7 Å². The number of nitrogens with zero attached hydrogens (tertiary/aromatic N) is 3. The lowest BCUT2D eigenvalue weighted by Gasteiger charge is -2.32. The van der Waals surface area contributed by atoms with Crippen LogP contribution < -0.4 is 15.1 Å². The number of amides is 2. The van der Waals surface area contributed by atoms with Gasteiger partial charge in [-0.05, 0) is 56.2 Å². The number of carbonyl (C=O) groups excluding carboxylic acids is 2. The zero-order chi connectivity index (χ0) is 33.5. The van der Waals surface area contributed by atoms with Crippen LogP contribution in [-0.2, 0) is 27.4 Å². The molecule has 2 N–H and O–H groups in total. The predicted octanol–water partition coefficient (Wildman–Crippen LogP) is 6.46. The molecular weight excluding hydrogens is 626 g/mol. The van der Waals surface area contributed by atoms with E-state index in [0.29, 0.717) is 47.1 Å². The molecule has 4 rings (SSSR count). The van der Waals surface area contributed by atoms with E-state index in [4.69, 9.17) is 11.6 Å². The molecule has 1 aliphatic rings. The van der Waals surface area contributed by atoms with Gasteiger partial charge in [0.25, 0.3) is 0 Å². The molecule has 2 heterocycles. The zero-order valence-electron chi connectivity index (χ0n) is 24.7. The second-order valence-corrected chi connectivity index (χ2v) is 11.9. The number of rotatable bonds is 7. The van der Waals surface area contributed by atoms with Crippen LogP contribution in [-0.4, -0.2) is 54.2 Å². The highest BCUT2D eigenvalue weighted by Gasteiger charge is 2.41. The maximum Gasteiger partial charge on any atom is 0.416 e. The lowest BCUT2D eigenvalue weighted by atomic mass is 9.81. The molecule has 7 nitrogen and oxygen atoms in total. The summed E-state index contributed by atoms with van der Waals surface area (Å²) in [5, 5.41) is 13.2. The Morgan fingerprint density at radius 3 is 2.11 bits per heavy atom. The van der Waals surface area contributed by atoms with Gasteiger partial charge in [-0.2, -0.15) is 26.3 Å². The number of nitrogens with one attached hydrogen (secondary N) is 1. The predicted molar refractivity (Wildman–Crippen MR) is 158 cm³/mol. The Kier molecular flexibility index (Phi) is 9.46. The number of hydrogen-bond acceptors (Lipinski definition) is 5. The van der Waals surface area contributed by atoms with E-state index >= 15 is 0 Å². The summed E-state index contributed by atoms with van der Waals surface area (Å²) in [5.74, 6) is -0.643. The Hall–Kier alpha value is -3.84. The SMILES string of the molecule is CC(=O)N[C@H]1C[C@@H](CO)N(c2cc(-c3ccccc3Cl)c(N(C)C(=O)C(C)(C)c3cc(C(F)(F)F)cc(C(F)(F)F)c3)cn2)C1. The molecule has 14 heteroatoms. The Balaban J connectivity index is 1.80. The van der Waals surface area contributed by atoms with Crippen molar-refractivity contribution in [1.82, 2.24) is 10.3 Å². The van der Waals surface area contributed by atoms with Crippen molar-refractivity contribution in [3.63, 3.8) is 0 Å². The molecule has 0 bridgehead atoms. The summed E-state index contributed by atoms with van der Waals surface area (Å²) in [7, 11) is 1.35. The second-order valence-electron chi connectivity index (χ2n) is 11.4. The minimum Gasteiger partial charge on any atom is -0.394 e. The topological polar surface area (TPSA) is 85.8 Å². The Morgan fingerprint density at radius 1 is 1.00 bits per heavy atom. The van der Waals surface area contributed by atoms with Crippen molar-refractivity contribution in [1.29, 1.82) is 0 Å². The summed E-state index contributed by atoms with van der Waals surface area (Å²) in [4.78, 5) is 33.0. The minimum absolute atomic E-state index is 0.0143. The van der Waals surface area contributed by atoms with Gasteiger partial charge in [-0.25, -0.2) is 4.98 Å². The summed E-state index contributed by atoms with van der Waals surface area (Å²) in [5.41, 5.74) is -4.32. The fourth-order valence-corrected chi connectivity index (χ4v) is 5.72. The van der Waals surface area contributed by atoms with Crippen molar-refractivity contribution in [2.75, 3.05) is 30.0 Å². The Morgan fingerprint density at radius 2 is 1.58 bits per heavy atom. The first-order valence-corrected chi connectivity index (χ1v) is 14.2. The Labute approximate surface area is 260 Å². The highest BCUT2D eigenvalue weighted by molar-refractivity contribution is 6.33. The zero-order valence-corrected chi connectivity index (χ0v) is 25.5. The van der Waals surface area contributed by atoms with Gasteiger partial charge in [0.2, 0.25) is 11.8 Å². The maximum absolute atomic E-state index is 14.0. The quantitative estimate of drug-likeness (QED) is 0.286. The van der Waals surface area contributed by atoms with E-state index in [2.05, 4.69) is 10.3 Å². The molecule has 1 aliphatic heterocycles. The first kappa shape index (κ1) is 34.0. The highest BCUT2D eigenvalue weighted by Crippen LogP contribution is 2.42. The van der Waals surface area contributed by atoms with Crippen LogP contribution in [0.25, 0.3) is 11.1 Å². The number of benzene rings is 2. The summed E-state index contributed by atoms with van der Waals surface area (Å²) < 4.78 is 81.7. The van der Waals surface area contributed by atoms with Crippen molar-refractivity contribution < 1.29 is 41.0 Å². The Bertz CT molecular complexity index is 1560. The van der Waals surface area contributed by atoms with Crippen LogP contribution in [0.1, 0.15) is 43.9 Å². The molecule has 0 saturated carbocycles. The van der Waals surface area contributed by atoms with Crippen LogP contribution in [0.3, 0.4) is 0 Å². The molecule has 0 aliphatic carbocycles. The van der Waals surface area contributed by atoms with Crippen LogP contribution in [0, 0.1) is 0 Å². The molecule has 242 valence electrons. The molecular formula is C31H31ClF6N4O3. The van der Waals surface area contributed by atoms with Gasteiger partial charge in [0.1, 0.15) is 5.82 Å². The third-order valence-electron chi connectivity index (χ3n) is 7.87. The standard InChI is InChI=1S/C31H31ClF6N4O3/c1-17(44)40-21-12-22(16-43)42(15-21)27-13-24(23-7-5-6-8-25(23)32)26(14-39-27)41(4)28(45)29(2,3)18-9-19(30(33,34)35)11-20(10-18)31(36,37)38/h5-11,13-14,21-22,43H,12,15-16H2,1-4H3,(H,40,44)/t21-,22-/m0/s1. The summed E-state index contributed by atoms with van der Waals surface area (Å²) >= 11 is 6.53. The molecule has 0 unspecified atom stereocenters. The number of carbonyl (C=O) groups is 2. The molecule has 1 fully saturated rings. The molecule has 1 aromatic heterocycles. The minimum atomic E-state index is -5.08. The van der Waals surface area contributed by atoms with Gasteiger partial charge in [-0.1, -0.05) is 29.8 Å². The molecule has 2 amide bonds. The summed E-state index contributed by atoms with van der Waals surface area (Å²) in [6.45, 7) is 3.98. The van der Waals surface area contributed by atoms with E-state index in [0.717, 1.165) is 4.90 Å². The average Bonchev–Trinajstić information content (AvgIpc) is 3.37. The summed E-state index contributed by atoms with van der Waals surface area (Å²) in [6, 6.07) is 8.80. The monoisotopic (exact) mass is 656 g/mol. The second kappa shape index (κ2) is 12.5. The lowest BCUT2D eigenvalue weighted by Crippen LogP contribution is -2.42. The number of aliphatic hydroxyl groups excluding tert-OH is 1. The maximum atomic E-state index is 14.0. The van der Waals surface area contributed by atoms with Gasteiger partial charge in [0.05, 0.1) is 41.1 Å². The number of pyridine rings is 1. The summed E-state index contributed by atoms with van der Waals surface area (Å²) in [6.07, 6.45) is -8.36. The van der Waals surface area contributed by atoms with Crippen molar-refractivity contribution in [3.8, 4) is 11.1 Å². The van der Waals surface area contributed by atoms with E-state index in [1.54, 1.807) is 35.2 Å². The fourth-order valence-electron chi connectivity index (χ4n) is 5.49. The molecule has 3 aromatic rings. The van der Waals surface area contributed by atoms with E-state index in [1.807, 2.05) is 0 Å². The number of likely N-dealkylation sites (N-methyl/N-ethyl adjacent to an activating group) is 1. The van der Waals surface area contributed by atoms with E-state index < -0.39 is 40.4 Å². The fraction of sp³-hybridized carbons (Fsp3) is 0.387. The van der Waals surface area contributed by atoms with Crippen molar-refractivity contribution >= 4 is 34.9 Å². The highest BCUT2D eigenvalue weighted by atomic mass is 35.5. The van der Waals surface area contributed by atoms with Crippen molar-refractivity contribution in [2.45, 2.75) is 57.0 Å². The van der Waals surface area contributed by atoms with Gasteiger partial charge < -0.3 is 20.2 Å². The molecule has 45 heavy (non-hydrogen) atoms. The average molecular weight is 657 g/mol. The smallest absolute Gasteiger partial charge is 0.394 e. The molecule has 2 aromatic carbocycles. The van der Waals surface area contributed by atoms with Crippen LogP contribution in [0.4, 0.5) is 37.8 Å². The number of anilines is 2. The number of hydrogen-bond donors (Lipinski definition) is 2. The third-order valence-corrected chi connectivity index (χ3v) is 8.20. The van der Waals surface area contributed by atoms with Crippen LogP contribution in [0.2, 0.25) is 5.02 Å². The van der Waals surface area contributed by atoms with Crippen molar-refractivity contribution in [3.05, 3.63) is 76.4 Å². The van der Waals surface area contributed by atoms with Gasteiger partial charge >= 0.3 is 12.4 Å². The number of aliphatic hydroxyl groups is 1. The van der Waals surface area contributed by atoms with Gasteiger partial charge in [0.15, 0.2) is 0 Å². The molecule has 2 atom stereocenters. The lowest BCUT2D eigenvalue weighted by molar-refractivity contribution is -0.143. The third kappa shape index (κ3) is 7.19. The van der Waals surface area contributed by atoms with Crippen LogP contribution >= 0.6 is 11.6 Å². The number of halogens is 7. The van der Waals surface area contributed by atoms with Gasteiger partial charge in [-0.15, -0.1) is 0 Å². The molecule has 0 radical (unpaired) electrons. The normalized spacial score (nSPS) is 17.4. The van der Waals surface area contributed by atoms with Crippen LogP contribution in [0.5, 0.6) is 0 Å². The first-order chi connectivity index (χ1) is 20.8. The van der Waals surface area contributed by atoms with E-state index in [1.165, 1.54) is 34.0 Å². The first-order valence-electron chi connectivity index (χ1n) is 13.8.